The van der Waals surface area contributed by atoms with Gasteiger partial charge in [-0.3, -0.25) is 9.48 Å². The third-order valence-electron chi connectivity index (χ3n) is 3.61. The molecule has 0 N–H and O–H groups in total. The molecule has 1 saturated heterocycles. The second-order valence-electron chi connectivity index (χ2n) is 5.38. The van der Waals surface area contributed by atoms with E-state index in [1.165, 1.54) is 0 Å². The first kappa shape index (κ1) is 12.3. The highest BCUT2D eigenvalue weighted by Gasteiger charge is 2.27. The molecule has 0 radical (unpaired) electrons. The van der Waals surface area contributed by atoms with Crippen LogP contribution in [0.15, 0.2) is 17.2 Å². The quantitative estimate of drug-likeness (QED) is 0.776. The number of aromatic nitrogens is 4. The zero-order chi connectivity index (χ0) is 13.6. The minimum atomic E-state index is -0.107. The Balaban J connectivity index is 2.05. The highest BCUT2D eigenvalue weighted by molar-refractivity contribution is 5.75. The third-order valence-corrected chi connectivity index (χ3v) is 3.61. The van der Waals surface area contributed by atoms with Gasteiger partial charge in [-0.25, -0.2) is 4.68 Å². The van der Waals surface area contributed by atoms with E-state index in [0.717, 1.165) is 18.2 Å². The number of nitrogens with zero attached hydrogens (tertiary/aromatic N) is 4. The SMILES string of the molecule is CC1CC(n2ncc3cn(C)nc3c2=O)CC(C)O1. The second-order valence-corrected chi connectivity index (χ2v) is 5.38. The van der Waals surface area contributed by atoms with E-state index in [9.17, 15) is 4.79 Å². The lowest BCUT2D eigenvalue weighted by atomic mass is 10.00. The Bertz CT molecular complexity index is 650. The summed E-state index contributed by atoms with van der Waals surface area (Å²) in [6.07, 6.45) is 5.46. The Morgan fingerprint density at radius 1 is 1.32 bits per heavy atom. The van der Waals surface area contributed by atoms with Crippen LogP contribution in [0.3, 0.4) is 0 Å². The molecule has 0 aromatic carbocycles. The van der Waals surface area contributed by atoms with Crippen molar-refractivity contribution < 1.29 is 4.74 Å². The first-order valence-corrected chi connectivity index (χ1v) is 6.61. The van der Waals surface area contributed by atoms with Crippen LogP contribution in [0, 0.1) is 0 Å². The highest BCUT2D eigenvalue weighted by atomic mass is 16.5. The number of hydrogen-bond acceptors (Lipinski definition) is 4. The van der Waals surface area contributed by atoms with E-state index in [1.807, 2.05) is 27.1 Å². The van der Waals surface area contributed by atoms with Gasteiger partial charge in [-0.1, -0.05) is 0 Å². The molecule has 1 aliphatic heterocycles. The summed E-state index contributed by atoms with van der Waals surface area (Å²) in [6, 6.07) is 0.0951. The summed E-state index contributed by atoms with van der Waals surface area (Å²) in [5, 5.41) is 9.31. The minimum Gasteiger partial charge on any atom is -0.375 e. The van der Waals surface area contributed by atoms with Crippen molar-refractivity contribution in [3.05, 3.63) is 22.7 Å². The minimum absolute atomic E-state index is 0.0951. The summed E-state index contributed by atoms with van der Waals surface area (Å²) in [7, 11) is 1.81. The molecule has 6 heteroatoms. The fourth-order valence-electron chi connectivity index (χ4n) is 2.88. The van der Waals surface area contributed by atoms with Gasteiger partial charge in [0.1, 0.15) is 0 Å². The Kier molecular flexibility index (Phi) is 2.89. The molecule has 1 aliphatic rings. The van der Waals surface area contributed by atoms with Crippen LogP contribution in [-0.2, 0) is 11.8 Å². The van der Waals surface area contributed by atoms with Crippen LogP contribution in [0.4, 0.5) is 0 Å². The van der Waals surface area contributed by atoms with Gasteiger partial charge in [0.25, 0.3) is 5.56 Å². The molecule has 0 saturated carbocycles. The predicted molar refractivity (Wildman–Crippen MR) is 71.0 cm³/mol. The number of rotatable bonds is 1. The molecule has 3 heterocycles. The molecule has 2 atom stereocenters. The van der Waals surface area contributed by atoms with Crippen molar-refractivity contribution in [2.45, 2.75) is 44.9 Å². The molecule has 102 valence electrons. The Labute approximate surface area is 111 Å². The van der Waals surface area contributed by atoms with Crippen molar-refractivity contribution in [1.82, 2.24) is 19.6 Å². The van der Waals surface area contributed by atoms with E-state index >= 15 is 0 Å². The van der Waals surface area contributed by atoms with Gasteiger partial charge in [-0.15, -0.1) is 0 Å². The van der Waals surface area contributed by atoms with Crippen LogP contribution in [-0.4, -0.2) is 31.8 Å². The molecule has 1 fully saturated rings. The zero-order valence-electron chi connectivity index (χ0n) is 11.4. The van der Waals surface area contributed by atoms with E-state index in [4.69, 9.17) is 4.74 Å². The lowest BCUT2D eigenvalue weighted by Gasteiger charge is -2.32. The molecule has 2 unspecified atom stereocenters. The molecule has 0 aliphatic carbocycles. The Morgan fingerprint density at radius 3 is 2.68 bits per heavy atom. The molecule has 0 amide bonds. The van der Waals surface area contributed by atoms with E-state index in [2.05, 4.69) is 10.2 Å². The molecule has 0 spiro atoms. The summed E-state index contributed by atoms with van der Waals surface area (Å²) in [5.74, 6) is 0. The van der Waals surface area contributed by atoms with Gasteiger partial charge in [-0.2, -0.15) is 10.2 Å². The lowest BCUT2D eigenvalue weighted by Crippen LogP contribution is -2.36. The fraction of sp³-hybridized carbons (Fsp3) is 0.615. The molecule has 19 heavy (non-hydrogen) atoms. The monoisotopic (exact) mass is 262 g/mol. The number of hydrogen-bond donors (Lipinski definition) is 0. The third kappa shape index (κ3) is 2.16. The van der Waals surface area contributed by atoms with Crippen LogP contribution in [0.5, 0.6) is 0 Å². The summed E-state index contributed by atoms with van der Waals surface area (Å²) in [4.78, 5) is 12.4. The molecule has 6 nitrogen and oxygen atoms in total. The van der Waals surface area contributed by atoms with E-state index in [1.54, 1.807) is 15.6 Å². The standard InChI is InChI=1S/C13H18N4O2/c1-8-4-11(5-9(2)19-8)17-13(18)12-10(6-14-17)7-16(3)15-12/h6-9,11H,4-5H2,1-3H3. The molecular weight excluding hydrogens is 244 g/mol. The lowest BCUT2D eigenvalue weighted by molar-refractivity contribution is -0.0513. The highest BCUT2D eigenvalue weighted by Crippen LogP contribution is 2.27. The van der Waals surface area contributed by atoms with Crippen molar-refractivity contribution in [2.75, 3.05) is 0 Å². The fourth-order valence-corrected chi connectivity index (χ4v) is 2.88. The van der Waals surface area contributed by atoms with E-state index < -0.39 is 0 Å². The van der Waals surface area contributed by atoms with Crippen LogP contribution in [0.1, 0.15) is 32.7 Å². The Morgan fingerprint density at radius 2 is 2.00 bits per heavy atom. The van der Waals surface area contributed by atoms with Gasteiger partial charge < -0.3 is 4.74 Å². The average Bonchev–Trinajstić information content (AvgIpc) is 2.70. The largest absolute Gasteiger partial charge is 0.375 e. The van der Waals surface area contributed by atoms with Crippen molar-refractivity contribution in [3.8, 4) is 0 Å². The molecule has 0 bridgehead atoms. The summed E-state index contributed by atoms with van der Waals surface area (Å²) >= 11 is 0. The van der Waals surface area contributed by atoms with Crippen molar-refractivity contribution in [1.29, 1.82) is 0 Å². The molecule has 2 aromatic rings. The van der Waals surface area contributed by atoms with E-state index in [-0.39, 0.29) is 23.8 Å². The van der Waals surface area contributed by atoms with Crippen molar-refractivity contribution >= 4 is 10.9 Å². The number of ether oxygens (including phenoxy) is 1. The maximum atomic E-state index is 12.4. The summed E-state index contributed by atoms with van der Waals surface area (Å²) < 4.78 is 8.93. The number of fused-ring (bicyclic) bond motifs is 1. The zero-order valence-corrected chi connectivity index (χ0v) is 11.4. The Hall–Kier alpha value is -1.69. The van der Waals surface area contributed by atoms with Crippen LogP contribution < -0.4 is 5.56 Å². The summed E-state index contributed by atoms with van der Waals surface area (Å²) in [6.45, 7) is 4.07. The van der Waals surface area contributed by atoms with E-state index in [0.29, 0.717) is 5.52 Å². The van der Waals surface area contributed by atoms with Gasteiger partial charge >= 0.3 is 0 Å². The number of aryl methyl sites for hydroxylation is 1. The van der Waals surface area contributed by atoms with Crippen LogP contribution >= 0.6 is 0 Å². The second kappa shape index (κ2) is 4.45. The maximum Gasteiger partial charge on any atom is 0.295 e. The van der Waals surface area contributed by atoms with Crippen LogP contribution in [0.25, 0.3) is 10.9 Å². The van der Waals surface area contributed by atoms with Gasteiger partial charge in [0.2, 0.25) is 0 Å². The van der Waals surface area contributed by atoms with Gasteiger partial charge in [-0.05, 0) is 26.7 Å². The predicted octanol–water partition coefficient (Wildman–Crippen LogP) is 1.26. The topological polar surface area (TPSA) is 61.9 Å². The summed E-state index contributed by atoms with van der Waals surface area (Å²) in [5.41, 5.74) is 0.383. The van der Waals surface area contributed by atoms with Crippen LogP contribution in [0.2, 0.25) is 0 Å². The van der Waals surface area contributed by atoms with Gasteiger partial charge in [0.15, 0.2) is 5.52 Å². The molecule has 3 rings (SSSR count). The van der Waals surface area contributed by atoms with Crippen molar-refractivity contribution in [2.24, 2.45) is 7.05 Å². The average molecular weight is 262 g/mol. The maximum absolute atomic E-state index is 12.4. The molecular formula is C13H18N4O2. The first-order chi connectivity index (χ1) is 9.04. The van der Waals surface area contributed by atoms with Gasteiger partial charge in [0, 0.05) is 18.6 Å². The smallest absolute Gasteiger partial charge is 0.295 e. The van der Waals surface area contributed by atoms with Crippen molar-refractivity contribution in [3.63, 3.8) is 0 Å². The van der Waals surface area contributed by atoms with Gasteiger partial charge in [0.05, 0.1) is 24.4 Å². The first-order valence-electron chi connectivity index (χ1n) is 6.61. The normalized spacial score (nSPS) is 27.8. The molecule has 2 aromatic heterocycles.